The maximum atomic E-state index is 10.6. The van der Waals surface area contributed by atoms with Crippen molar-refractivity contribution >= 4 is 32.6 Å². The summed E-state index contributed by atoms with van der Waals surface area (Å²) in [6, 6.07) is 4.93. The summed E-state index contributed by atoms with van der Waals surface area (Å²) in [6.45, 7) is 1.90. The molecule has 0 saturated carbocycles. The topological polar surface area (TPSA) is 53.0 Å². The largest absolute Gasteiger partial charge is 0.768 e. The Balaban J connectivity index is 2.67. The van der Waals surface area contributed by atoms with Gasteiger partial charge in [-0.15, -0.1) is 11.3 Å². The van der Waals surface area contributed by atoms with Crippen molar-refractivity contribution in [2.75, 3.05) is 0 Å². The summed E-state index contributed by atoms with van der Waals surface area (Å²) in [5.74, 6) is 0. The number of benzene rings is 1. The predicted octanol–water partition coefficient (Wildman–Crippen LogP) is 1.84. The molecule has 0 aliphatic heterocycles. The maximum Gasteiger partial charge on any atom is 0.0907 e. The van der Waals surface area contributed by atoms with Gasteiger partial charge < -0.3 is 4.55 Å². The van der Waals surface area contributed by atoms with E-state index in [1.54, 1.807) is 18.2 Å². The van der Waals surface area contributed by atoms with Gasteiger partial charge in [0.2, 0.25) is 0 Å². The van der Waals surface area contributed by atoms with E-state index in [0.717, 1.165) is 15.2 Å². The molecule has 1 aromatic carbocycles. The van der Waals surface area contributed by atoms with E-state index in [1.165, 1.54) is 11.3 Å². The van der Waals surface area contributed by atoms with E-state index < -0.39 is 11.1 Å². The molecule has 1 unspecified atom stereocenters. The first kappa shape index (κ1) is 8.80. The second kappa shape index (κ2) is 3.17. The van der Waals surface area contributed by atoms with Gasteiger partial charge in [-0.25, -0.2) is 4.98 Å². The molecule has 0 bridgehead atoms. The number of thiazole rings is 1. The number of aryl methyl sites for hydroxylation is 1. The lowest BCUT2D eigenvalue weighted by Crippen LogP contribution is -1.86. The molecule has 68 valence electrons. The van der Waals surface area contributed by atoms with Gasteiger partial charge in [-0.3, -0.25) is 4.21 Å². The van der Waals surface area contributed by atoms with Crippen molar-refractivity contribution in [1.82, 2.24) is 4.98 Å². The van der Waals surface area contributed by atoms with Crippen LogP contribution in [0.2, 0.25) is 0 Å². The van der Waals surface area contributed by atoms with E-state index in [1.807, 2.05) is 6.92 Å². The van der Waals surface area contributed by atoms with E-state index in [4.69, 9.17) is 0 Å². The van der Waals surface area contributed by atoms with Crippen LogP contribution in [0.15, 0.2) is 23.1 Å². The number of aromatic nitrogens is 1. The minimum absolute atomic E-state index is 0.316. The minimum atomic E-state index is -2.15. The highest BCUT2D eigenvalue weighted by Gasteiger charge is 2.01. The Morgan fingerprint density at radius 2 is 2.31 bits per heavy atom. The minimum Gasteiger partial charge on any atom is -0.768 e. The lowest BCUT2D eigenvalue weighted by atomic mass is 10.3. The van der Waals surface area contributed by atoms with Crippen molar-refractivity contribution < 1.29 is 8.76 Å². The van der Waals surface area contributed by atoms with Crippen LogP contribution in [0.4, 0.5) is 0 Å². The molecular weight excluding hydrogens is 206 g/mol. The molecule has 0 saturated heterocycles. The first-order valence-electron chi connectivity index (χ1n) is 3.63. The standard InChI is InChI=1S/C8H7NO2S2/c1-5-9-7-3-2-6(13(10)11)4-8(7)12-5/h2-4H,1H3,(H,10,11)/p-1. The molecule has 2 aromatic rings. The monoisotopic (exact) mass is 212 g/mol. The van der Waals surface area contributed by atoms with Gasteiger partial charge in [-0.05, 0) is 36.2 Å². The summed E-state index contributed by atoms with van der Waals surface area (Å²) in [5, 5.41) is 0.948. The zero-order valence-electron chi connectivity index (χ0n) is 6.81. The summed E-state index contributed by atoms with van der Waals surface area (Å²) in [7, 11) is 0. The smallest absolute Gasteiger partial charge is 0.0907 e. The molecule has 5 heteroatoms. The Labute approximate surface area is 81.7 Å². The molecule has 0 aliphatic carbocycles. The Hall–Kier alpha value is -0.780. The molecule has 0 aliphatic rings. The average Bonchev–Trinajstić information content (AvgIpc) is 2.42. The van der Waals surface area contributed by atoms with Crippen LogP contribution in [-0.2, 0) is 11.1 Å². The van der Waals surface area contributed by atoms with Crippen LogP contribution in [0.5, 0.6) is 0 Å². The van der Waals surface area contributed by atoms with Crippen molar-refractivity contribution in [2.45, 2.75) is 11.8 Å². The molecule has 2 rings (SSSR count). The average molecular weight is 212 g/mol. The second-order valence-corrected chi connectivity index (χ2v) is 4.77. The van der Waals surface area contributed by atoms with Crippen LogP contribution in [0.3, 0.4) is 0 Å². The molecule has 1 heterocycles. The molecule has 0 amide bonds. The SMILES string of the molecule is Cc1nc2ccc(S(=O)[O-])cc2s1. The van der Waals surface area contributed by atoms with E-state index in [0.29, 0.717) is 4.90 Å². The summed E-state index contributed by atoms with van der Waals surface area (Å²) < 4.78 is 22.2. The summed E-state index contributed by atoms with van der Waals surface area (Å²) in [6.07, 6.45) is 0. The lowest BCUT2D eigenvalue weighted by molar-refractivity contribution is 0.537. The Bertz CT molecular complexity index is 478. The third-order valence-corrected chi connectivity index (χ3v) is 3.23. The summed E-state index contributed by atoms with van der Waals surface area (Å²) >= 11 is -0.648. The van der Waals surface area contributed by atoms with Crippen LogP contribution in [0, 0.1) is 6.92 Å². The number of fused-ring (bicyclic) bond motifs is 1. The first-order chi connectivity index (χ1) is 6.16. The zero-order valence-corrected chi connectivity index (χ0v) is 8.45. The predicted molar refractivity (Wildman–Crippen MR) is 51.5 cm³/mol. The fraction of sp³-hybridized carbons (Fsp3) is 0.125. The molecule has 1 atom stereocenters. The van der Waals surface area contributed by atoms with E-state index >= 15 is 0 Å². The summed E-state index contributed by atoms with van der Waals surface area (Å²) in [4.78, 5) is 4.55. The van der Waals surface area contributed by atoms with Gasteiger partial charge >= 0.3 is 0 Å². The van der Waals surface area contributed by atoms with Crippen LogP contribution >= 0.6 is 11.3 Å². The molecule has 13 heavy (non-hydrogen) atoms. The molecular formula is C8H6NO2S2-. The summed E-state index contributed by atoms with van der Waals surface area (Å²) in [5.41, 5.74) is 0.858. The van der Waals surface area contributed by atoms with E-state index in [9.17, 15) is 8.76 Å². The van der Waals surface area contributed by atoms with Crippen molar-refractivity contribution in [3.63, 3.8) is 0 Å². The van der Waals surface area contributed by atoms with Crippen molar-refractivity contribution in [1.29, 1.82) is 0 Å². The third kappa shape index (κ3) is 1.63. The van der Waals surface area contributed by atoms with Gasteiger partial charge in [-0.1, -0.05) is 0 Å². The highest BCUT2D eigenvalue weighted by molar-refractivity contribution is 7.79. The number of hydrogen-bond acceptors (Lipinski definition) is 4. The van der Waals surface area contributed by atoms with Gasteiger partial charge in [-0.2, -0.15) is 0 Å². The van der Waals surface area contributed by atoms with Crippen LogP contribution in [-0.4, -0.2) is 13.7 Å². The Kier molecular flexibility index (Phi) is 2.15. The second-order valence-electron chi connectivity index (χ2n) is 2.60. The number of hydrogen-bond donors (Lipinski definition) is 0. The Morgan fingerprint density at radius 1 is 1.54 bits per heavy atom. The molecule has 0 fully saturated rings. The maximum absolute atomic E-state index is 10.6. The van der Waals surface area contributed by atoms with E-state index in [2.05, 4.69) is 4.98 Å². The number of rotatable bonds is 1. The highest BCUT2D eigenvalue weighted by atomic mass is 32.2. The molecule has 0 spiro atoms. The zero-order chi connectivity index (χ0) is 9.42. The van der Waals surface area contributed by atoms with Gasteiger partial charge in [0.25, 0.3) is 0 Å². The quantitative estimate of drug-likeness (QED) is 0.678. The van der Waals surface area contributed by atoms with Gasteiger partial charge in [0.15, 0.2) is 0 Å². The fourth-order valence-corrected chi connectivity index (χ4v) is 2.46. The first-order valence-corrected chi connectivity index (χ1v) is 5.52. The molecule has 0 radical (unpaired) electrons. The van der Waals surface area contributed by atoms with Crippen LogP contribution in [0.1, 0.15) is 5.01 Å². The van der Waals surface area contributed by atoms with E-state index in [-0.39, 0.29) is 0 Å². The van der Waals surface area contributed by atoms with Crippen LogP contribution in [0.25, 0.3) is 10.2 Å². The molecule has 1 aromatic heterocycles. The van der Waals surface area contributed by atoms with Crippen molar-refractivity contribution in [3.05, 3.63) is 23.2 Å². The molecule has 3 nitrogen and oxygen atoms in total. The van der Waals surface area contributed by atoms with Gasteiger partial charge in [0, 0.05) is 4.90 Å². The fourth-order valence-electron chi connectivity index (χ4n) is 1.12. The Morgan fingerprint density at radius 3 is 3.00 bits per heavy atom. The van der Waals surface area contributed by atoms with Crippen molar-refractivity contribution in [3.8, 4) is 0 Å². The third-order valence-electron chi connectivity index (χ3n) is 1.66. The highest BCUT2D eigenvalue weighted by Crippen LogP contribution is 2.23. The van der Waals surface area contributed by atoms with Crippen molar-refractivity contribution in [2.24, 2.45) is 0 Å². The normalized spacial score (nSPS) is 13.4. The van der Waals surface area contributed by atoms with Crippen LogP contribution < -0.4 is 0 Å². The number of nitrogens with zero attached hydrogens (tertiary/aromatic N) is 1. The lowest BCUT2D eigenvalue weighted by Gasteiger charge is -2.02. The molecule has 0 N–H and O–H groups in total. The van der Waals surface area contributed by atoms with Gasteiger partial charge in [0.05, 0.1) is 15.2 Å². The van der Waals surface area contributed by atoms with Gasteiger partial charge in [0.1, 0.15) is 0 Å².